The summed E-state index contributed by atoms with van der Waals surface area (Å²) in [6.07, 6.45) is 1.22. The molecule has 1 heterocycles. The Morgan fingerprint density at radius 2 is 1.80 bits per heavy atom. The first-order valence-corrected chi connectivity index (χ1v) is 12.8. The van der Waals surface area contributed by atoms with E-state index < -0.39 is 45.2 Å². The Kier molecular flexibility index (Phi) is 7.34. The van der Waals surface area contributed by atoms with Crippen LogP contribution in [0.3, 0.4) is 0 Å². The van der Waals surface area contributed by atoms with Crippen LogP contribution in [0, 0.1) is 17.6 Å². The number of fused-ring (bicyclic) bond motifs is 3. The van der Waals surface area contributed by atoms with Crippen LogP contribution in [0.4, 0.5) is 22.0 Å². The minimum Gasteiger partial charge on any atom is -0.490 e. The van der Waals surface area contributed by atoms with Crippen LogP contribution in [0.25, 0.3) is 0 Å². The van der Waals surface area contributed by atoms with E-state index in [1.165, 1.54) is 4.72 Å². The van der Waals surface area contributed by atoms with Gasteiger partial charge in [0.05, 0.1) is 19.3 Å². The van der Waals surface area contributed by atoms with E-state index in [1.54, 1.807) is 12.1 Å². The molecule has 0 unspecified atom stereocenters. The van der Waals surface area contributed by atoms with E-state index in [9.17, 15) is 26.0 Å². The van der Waals surface area contributed by atoms with Crippen LogP contribution in [-0.2, 0) is 26.6 Å². The van der Waals surface area contributed by atoms with Gasteiger partial charge in [-0.2, -0.15) is 13.2 Å². The highest BCUT2D eigenvalue weighted by Crippen LogP contribution is 2.53. The molecule has 0 saturated heterocycles. The average Bonchev–Trinajstić information content (AvgIpc) is 2.79. The van der Waals surface area contributed by atoms with Gasteiger partial charge in [0.25, 0.3) is 0 Å². The van der Waals surface area contributed by atoms with E-state index in [0.29, 0.717) is 30.7 Å². The summed E-state index contributed by atoms with van der Waals surface area (Å²) in [5, 5.41) is 0.547. The first-order chi connectivity index (χ1) is 16.4. The first kappa shape index (κ1) is 26.1. The zero-order valence-corrected chi connectivity index (χ0v) is 20.0. The summed E-state index contributed by atoms with van der Waals surface area (Å²) in [4.78, 5) is 0. The largest absolute Gasteiger partial charge is 0.511 e. The molecular formula is C23H23ClF5NO4S. The molecule has 2 aromatic rings. The summed E-state index contributed by atoms with van der Waals surface area (Å²) in [6.45, 7) is -0.697. The van der Waals surface area contributed by atoms with Crippen molar-refractivity contribution in [3.63, 3.8) is 0 Å². The van der Waals surface area contributed by atoms with Crippen molar-refractivity contribution < 1.29 is 39.8 Å². The third kappa shape index (κ3) is 5.28. The zero-order valence-electron chi connectivity index (χ0n) is 18.4. The second-order valence-corrected chi connectivity index (χ2v) is 11.0. The number of nitrogens with one attached hydrogen (secondary N) is 1. The number of benzene rings is 2. The van der Waals surface area contributed by atoms with E-state index in [4.69, 9.17) is 21.1 Å². The Hall–Kier alpha value is -1.95. The number of alkyl halides is 3. The van der Waals surface area contributed by atoms with Gasteiger partial charge in [-0.3, -0.25) is 0 Å². The lowest BCUT2D eigenvalue weighted by Gasteiger charge is -2.50. The summed E-state index contributed by atoms with van der Waals surface area (Å²) in [5.74, 6) is -1.59. The number of rotatable bonds is 7. The minimum absolute atomic E-state index is 0.101. The summed E-state index contributed by atoms with van der Waals surface area (Å²) in [6, 6.07) is 9.22. The maximum absolute atomic E-state index is 15.1. The summed E-state index contributed by atoms with van der Waals surface area (Å²) < 4.78 is 102. The second-order valence-electron chi connectivity index (χ2n) is 8.81. The quantitative estimate of drug-likeness (QED) is 0.392. The fourth-order valence-electron chi connectivity index (χ4n) is 5.08. The molecule has 1 aliphatic carbocycles. The molecule has 2 aliphatic rings. The minimum atomic E-state index is -5.45. The van der Waals surface area contributed by atoms with Gasteiger partial charge in [-0.05, 0) is 55.5 Å². The van der Waals surface area contributed by atoms with Crippen LogP contribution < -0.4 is 9.46 Å². The van der Waals surface area contributed by atoms with Crippen molar-refractivity contribution in [3.05, 3.63) is 64.2 Å². The normalized spacial score (nSPS) is 24.4. The van der Waals surface area contributed by atoms with Crippen molar-refractivity contribution in [3.8, 4) is 5.75 Å². The molecule has 1 fully saturated rings. The molecule has 3 atom stereocenters. The van der Waals surface area contributed by atoms with Gasteiger partial charge in [-0.15, -0.1) is 0 Å². The van der Waals surface area contributed by atoms with Crippen LogP contribution in [0.1, 0.15) is 30.4 Å². The van der Waals surface area contributed by atoms with Crippen molar-refractivity contribution in [2.24, 2.45) is 5.92 Å². The maximum atomic E-state index is 15.1. The van der Waals surface area contributed by atoms with Crippen molar-refractivity contribution in [1.82, 2.24) is 4.72 Å². The van der Waals surface area contributed by atoms with Gasteiger partial charge in [0.15, 0.2) is 11.6 Å². The Morgan fingerprint density at radius 1 is 1.11 bits per heavy atom. The van der Waals surface area contributed by atoms with Crippen molar-refractivity contribution in [2.75, 3.05) is 19.8 Å². The molecule has 0 bridgehead atoms. The van der Waals surface area contributed by atoms with Crippen molar-refractivity contribution >= 4 is 21.6 Å². The molecule has 1 saturated carbocycles. The predicted molar refractivity (Wildman–Crippen MR) is 119 cm³/mol. The van der Waals surface area contributed by atoms with Gasteiger partial charge < -0.3 is 9.47 Å². The maximum Gasteiger partial charge on any atom is 0.511 e. The number of sulfonamides is 1. The molecule has 4 rings (SSSR count). The highest BCUT2D eigenvalue weighted by atomic mass is 35.5. The molecule has 1 N–H and O–H groups in total. The lowest BCUT2D eigenvalue weighted by molar-refractivity contribution is -0.0460. The zero-order chi connectivity index (χ0) is 25.4. The van der Waals surface area contributed by atoms with Crippen LogP contribution in [0.2, 0.25) is 5.02 Å². The lowest BCUT2D eigenvalue weighted by Crippen LogP contribution is -2.50. The van der Waals surface area contributed by atoms with Crippen LogP contribution in [0.15, 0.2) is 36.4 Å². The van der Waals surface area contributed by atoms with Crippen LogP contribution in [-0.4, -0.2) is 39.8 Å². The molecule has 1 aliphatic heterocycles. The smallest absolute Gasteiger partial charge is 0.490 e. The topological polar surface area (TPSA) is 64.6 Å². The highest BCUT2D eigenvalue weighted by molar-refractivity contribution is 7.90. The molecular weight excluding hydrogens is 517 g/mol. The Labute approximate surface area is 204 Å². The lowest BCUT2D eigenvalue weighted by atomic mass is 9.58. The molecule has 0 amide bonds. The fourth-order valence-corrected chi connectivity index (χ4v) is 5.73. The summed E-state index contributed by atoms with van der Waals surface area (Å²) >= 11 is 6.00. The number of hydrogen-bond donors (Lipinski definition) is 1. The van der Waals surface area contributed by atoms with Gasteiger partial charge in [-0.25, -0.2) is 21.9 Å². The van der Waals surface area contributed by atoms with E-state index >= 15 is 4.39 Å². The number of halogens is 6. The fraction of sp³-hybridized carbons (Fsp3) is 0.478. The average molecular weight is 540 g/mol. The van der Waals surface area contributed by atoms with E-state index in [-0.39, 0.29) is 30.4 Å². The summed E-state index contributed by atoms with van der Waals surface area (Å²) in [5.41, 5.74) is -5.12. The third-order valence-electron chi connectivity index (χ3n) is 6.71. The highest BCUT2D eigenvalue weighted by Gasteiger charge is 2.51. The molecule has 2 aromatic carbocycles. The van der Waals surface area contributed by atoms with Crippen LogP contribution in [0.5, 0.6) is 5.75 Å². The number of ether oxygens (including phenoxy) is 2. The predicted octanol–water partition coefficient (Wildman–Crippen LogP) is 5.12. The van der Waals surface area contributed by atoms with Gasteiger partial charge in [0.1, 0.15) is 5.82 Å². The second kappa shape index (κ2) is 9.84. The molecule has 35 heavy (non-hydrogen) atoms. The molecule has 0 spiro atoms. The standard InChI is InChI=1S/C23H23ClF5NO4S/c24-16-3-1-14(2-4-16)12-22-8-7-17(33-10-9-30-35(31,32)23(27,28)29)11-15(22)13-34-21-19(26)6-5-18(25)20(21)22/h1-6,15,17,30H,7-13H2/t15-,17-,22+/m1/s1. The van der Waals surface area contributed by atoms with E-state index in [2.05, 4.69) is 0 Å². The third-order valence-corrected chi connectivity index (χ3v) is 8.16. The Balaban J connectivity index is 1.52. The monoisotopic (exact) mass is 539 g/mol. The van der Waals surface area contributed by atoms with Gasteiger partial charge in [-0.1, -0.05) is 23.7 Å². The van der Waals surface area contributed by atoms with E-state index in [0.717, 1.165) is 17.7 Å². The Morgan fingerprint density at radius 3 is 2.49 bits per heavy atom. The van der Waals surface area contributed by atoms with E-state index in [1.807, 2.05) is 12.1 Å². The molecule has 192 valence electrons. The molecule has 0 radical (unpaired) electrons. The molecule has 12 heteroatoms. The van der Waals surface area contributed by atoms with Gasteiger partial charge >= 0.3 is 15.5 Å². The SMILES string of the molecule is O=S(=O)(NCCO[C@@H]1CC[C@@]2(Cc3ccc(Cl)cc3)c3c(F)ccc(F)c3OC[C@H]2C1)C(F)(F)F. The Bertz CT molecular complexity index is 1180. The van der Waals surface area contributed by atoms with Crippen molar-refractivity contribution in [2.45, 2.75) is 42.7 Å². The first-order valence-electron chi connectivity index (χ1n) is 11.0. The van der Waals surface area contributed by atoms with Crippen molar-refractivity contribution in [1.29, 1.82) is 0 Å². The van der Waals surface area contributed by atoms with Crippen LogP contribution >= 0.6 is 11.6 Å². The molecule has 5 nitrogen and oxygen atoms in total. The number of hydrogen-bond acceptors (Lipinski definition) is 4. The summed E-state index contributed by atoms with van der Waals surface area (Å²) in [7, 11) is -5.45. The molecule has 0 aromatic heterocycles. The van der Waals surface area contributed by atoms with Gasteiger partial charge in [0.2, 0.25) is 0 Å². The van der Waals surface area contributed by atoms with Gasteiger partial charge in [0, 0.05) is 28.5 Å².